The maximum absolute atomic E-state index is 12.7. The fourth-order valence-corrected chi connectivity index (χ4v) is 3.33. The van der Waals surface area contributed by atoms with Gasteiger partial charge in [0.15, 0.2) is 6.10 Å². The Morgan fingerprint density at radius 2 is 1.54 bits per heavy atom. The van der Waals surface area contributed by atoms with E-state index in [0.29, 0.717) is 0 Å². The molecule has 0 spiro atoms. The number of benzene rings is 2. The van der Waals surface area contributed by atoms with E-state index in [1.54, 1.807) is 13.0 Å². The summed E-state index contributed by atoms with van der Waals surface area (Å²) >= 11 is 1.52. The Kier molecular flexibility index (Phi) is 6.76. The Bertz CT molecular complexity index is 882. The third-order valence-electron chi connectivity index (χ3n) is 4.14. The molecule has 0 radical (unpaired) electrons. The van der Waals surface area contributed by atoms with Crippen LogP contribution in [0, 0.1) is 0 Å². The van der Waals surface area contributed by atoms with Gasteiger partial charge in [0.2, 0.25) is 0 Å². The molecule has 0 bridgehead atoms. The molecule has 1 aromatic heterocycles. The van der Waals surface area contributed by atoms with Crippen LogP contribution >= 0.6 is 11.3 Å². The molecule has 142 valence electrons. The van der Waals surface area contributed by atoms with Crippen molar-refractivity contribution in [2.75, 3.05) is 0 Å². The number of hydrogen-bond donors (Lipinski definition) is 1. The van der Waals surface area contributed by atoms with Crippen molar-refractivity contribution < 1.29 is 14.3 Å². The van der Waals surface area contributed by atoms with Gasteiger partial charge in [-0.2, -0.15) is 0 Å². The van der Waals surface area contributed by atoms with E-state index in [0.717, 1.165) is 16.0 Å². The highest BCUT2D eigenvalue weighted by Crippen LogP contribution is 2.22. The zero-order chi connectivity index (χ0) is 19.8. The minimum Gasteiger partial charge on any atom is -0.449 e. The molecule has 0 fully saturated rings. The lowest BCUT2D eigenvalue weighted by Crippen LogP contribution is -2.38. The molecule has 3 aromatic rings. The Labute approximate surface area is 168 Å². The van der Waals surface area contributed by atoms with Crippen LogP contribution in [-0.4, -0.2) is 18.0 Å². The van der Waals surface area contributed by atoms with Crippen LogP contribution in [0.15, 0.2) is 84.3 Å². The average Bonchev–Trinajstić information content (AvgIpc) is 3.25. The van der Waals surface area contributed by atoms with Crippen molar-refractivity contribution in [1.29, 1.82) is 0 Å². The lowest BCUT2D eigenvalue weighted by molar-refractivity contribution is -0.150. The lowest BCUT2D eigenvalue weighted by Gasteiger charge is -2.22. The molecule has 1 N–H and O–H groups in total. The minimum atomic E-state index is -0.907. The molecule has 0 saturated heterocycles. The summed E-state index contributed by atoms with van der Waals surface area (Å²) in [4.78, 5) is 25.6. The van der Waals surface area contributed by atoms with Crippen LogP contribution in [-0.2, 0) is 14.3 Å². The molecular formula is C23H21NO3S. The number of carbonyl (C=O) groups is 2. The first-order valence-corrected chi connectivity index (χ1v) is 9.84. The summed E-state index contributed by atoms with van der Waals surface area (Å²) in [5, 5.41) is 4.91. The molecule has 3 rings (SSSR count). The van der Waals surface area contributed by atoms with Crippen molar-refractivity contribution in [3.05, 3.63) is 100 Å². The third kappa shape index (κ3) is 5.41. The Morgan fingerprint density at radius 3 is 2.07 bits per heavy atom. The zero-order valence-electron chi connectivity index (χ0n) is 15.4. The van der Waals surface area contributed by atoms with E-state index in [1.807, 2.05) is 78.2 Å². The van der Waals surface area contributed by atoms with Gasteiger partial charge in [-0.3, -0.25) is 4.79 Å². The van der Waals surface area contributed by atoms with Crippen molar-refractivity contribution in [2.45, 2.75) is 19.1 Å². The second kappa shape index (κ2) is 9.67. The fourth-order valence-electron chi connectivity index (χ4n) is 2.71. The number of carbonyl (C=O) groups excluding carboxylic acids is 2. The van der Waals surface area contributed by atoms with Gasteiger partial charge in [0.1, 0.15) is 0 Å². The second-order valence-corrected chi connectivity index (χ2v) is 7.17. The minimum absolute atomic E-state index is 0.322. The first-order valence-electron chi connectivity index (χ1n) is 8.96. The van der Waals surface area contributed by atoms with E-state index >= 15 is 0 Å². The summed E-state index contributed by atoms with van der Waals surface area (Å²) in [5.41, 5.74) is 1.91. The Morgan fingerprint density at radius 1 is 0.929 bits per heavy atom. The summed E-state index contributed by atoms with van der Waals surface area (Å²) < 4.78 is 5.25. The number of amides is 1. The number of rotatable bonds is 7. The summed E-state index contributed by atoms with van der Waals surface area (Å²) in [6, 6.07) is 22.9. The average molecular weight is 391 g/mol. The van der Waals surface area contributed by atoms with Gasteiger partial charge in [-0.05, 0) is 35.6 Å². The molecule has 28 heavy (non-hydrogen) atoms. The van der Waals surface area contributed by atoms with Crippen molar-refractivity contribution in [3.8, 4) is 0 Å². The van der Waals surface area contributed by atoms with Crippen molar-refractivity contribution in [3.63, 3.8) is 0 Å². The quantitative estimate of drug-likeness (QED) is 0.473. The maximum Gasteiger partial charge on any atom is 0.331 e. The van der Waals surface area contributed by atoms with Gasteiger partial charge in [-0.15, -0.1) is 11.3 Å². The molecule has 1 amide bonds. The normalized spacial score (nSPS) is 12.1. The van der Waals surface area contributed by atoms with Gasteiger partial charge in [0, 0.05) is 11.0 Å². The number of hydrogen-bond acceptors (Lipinski definition) is 4. The van der Waals surface area contributed by atoms with Gasteiger partial charge in [-0.1, -0.05) is 66.7 Å². The van der Waals surface area contributed by atoms with Crippen LogP contribution in [0.25, 0.3) is 6.08 Å². The highest BCUT2D eigenvalue weighted by Gasteiger charge is 2.22. The highest BCUT2D eigenvalue weighted by molar-refractivity contribution is 7.10. The molecule has 0 unspecified atom stereocenters. The molecule has 5 heteroatoms. The monoisotopic (exact) mass is 391 g/mol. The summed E-state index contributed by atoms with van der Waals surface area (Å²) in [5.74, 6) is -0.900. The fraction of sp³-hybridized carbons (Fsp3) is 0.130. The van der Waals surface area contributed by atoms with Crippen molar-refractivity contribution in [2.24, 2.45) is 0 Å². The number of nitrogens with one attached hydrogen (secondary N) is 1. The standard InChI is InChI=1S/C23H21NO3S/c1-17(27-21(25)15-14-20-13-8-16-28-20)23(26)24-22(18-9-4-2-5-10-18)19-11-6-3-7-12-19/h2-17,22H,1H3,(H,24,26)/b15-14+/t17-/m0/s1. The first-order chi connectivity index (χ1) is 13.6. The smallest absolute Gasteiger partial charge is 0.331 e. The van der Waals surface area contributed by atoms with Crippen LogP contribution in [0.4, 0.5) is 0 Å². The lowest BCUT2D eigenvalue weighted by atomic mass is 9.98. The first kappa shape index (κ1) is 19.6. The topological polar surface area (TPSA) is 55.4 Å². The molecular weight excluding hydrogens is 370 g/mol. The number of ether oxygens (including phenoxy) is 1. The summed E-state index contributed by atoms with van der Waals surface area (Å²) in [6.45, 7) is 1.57. The largest absolute Gasteiger partial charge is 0.449 e. The van der Waals surface area contributed by atoms with Crippen LogP contribution in [0.2, 0.25) is 0 Å². The SMILES string of the molecule is C[C@H](OC(=O)/C=C/c1cccs1)C(=O)NC(c1ccccc1)c1ccccc1. The molecule has 0 aliphatic carbocycles. The van der Waals surface area contributed by atoms with Crippen LogP contribution < -0.4 is 5.32 Å². The molecule has 0 aliphatic heterocycles. The summed E-state index contributed by atoms with van der Waals surface area (Å²) in [7, 11) is 0. The van der Waals surface area contributed by atoms with Gasteiger partial charge >= 0.3 is 5.97 Å². The zero-order valence-corrected chi connectivity index (χ0v) is 16.3. The van der Waals surface area contributed by atoms with E-state index in [4.69, 9.17) is 4.74 Å². The maximum atomic E-state index is 12.7. The van der Waals surface area contributed by atoms with E-state index < -0.39 is 12.1 Å². The highest BCUT2D eigenvalue weighted by atomic mass is 32.1. The molecule has 0 saturated carbocycles. The van der Waals surface area contributed by atoms with E-state index in [-0.39, 0.29) is 11.9 Å². The van der Waals surface area contributed by atoms with E-state index in [1.165, 1.54) is 17.4 Å². The van der Waals surface area contributed by atoms with Crippen LogP contribution in [0.3, 0.4) is 0 Å². The predicted octanol–water partition coefficient (Wildman–Crippen LogP) is 4.60. The number of thiophene rings is 1. The van der Waals surface area contributed by atoms with Gasteiger partial charge in [0.05, 0.1) is 6.04 Å². The van der Waals surface area contributed by atoms with Gasteiger partial charge in [-0.25, -0.2) is 4.79 Å². The second-order valence-electron chi connectivity index (χ2n) is 6.19. The van der Waals surface area contributed by atoms with E-state index in [9.17, 15) is 9.59 Å². The predicted molar refractivity (Wildman–Crippen MR) is 112 cm³/mol. The molecule has 0 aliphatic rings. The Balaban J connectivity index is 1.67. The third-order valence-corrected chi connectivity index (χ3v) is 4.98. The summed E-state index contributed by atoms with van der Waals surface area (Å²) in [6.07, 6.45) is 2.10. The molecule has 2 aromatic carbocycles. The van der Waals surface area contributed by atoms with Crippen molar-refractivity contribution in [1.82, 2.24) is 5.32 Å². The van der Waals surface area contributed by atoms with Gasteiger partial charge in [0.25, 0.3) is 5.91 Å². The number of esters is 1. The molecule has 4 nitrogen and oxygen atoms in total. The van der Waals surface area contributed by atoms with Gasteiger partial charge < -0.3 is 10.1 Å². The molecule has 1 atom stereocenters. The van der Waals surface area contributed by atoms with Crippen LogP contribution in [0.1, 0.15) is 29.0 Å². The van der Waals surface area contributed by atoms with E-state index in [2.05, 4.69) is 5.32 Å². The molecule has 1 heterocycles. The van der Waals surface area contributed by atoms with Crippen molar-refractivity contribution >= 4 is 29.3 Å². The Hall–Kier alpha value is -3.18. The van der Waals surface area contributed by atoms with Crippen LogP contribution in [0.5, 0.6) is 0 Å².